The van der Waals surface area contributed by atoms with Gasteiger partial charge >= 0.3 is 0 Å². The van der Waals surface area contributed by atoms with E-state index >= 15 is 0 Å². The highest BCUT2D eigenvalue weighted by Crippen LogP contribution is 2.27. The van der Waals surface area contributed by atoms with E-state index in [1.54, 1.807) is 12.1 Å². The lowest BCUT2D eigenvalue weighted by atomic mass is 10.1. The topological polar surface area (TPSA) is 66.5 Å². The van der Waals surface area contributed by atoms with Crippen molar-refractivity contribution in [3.8, 4) is 0 Å². The van der Waals surface area contributed by atoms with Crippen molar-refractivity contribution in [1.82, 2.24) is 9.62 Å². The van der Waals surface area contributed by atoms with Crippen LogP contribution >= 0.6 is 0 Å². The molecule has 1 amide bonds. The van der Waals surface area contributed by atoms with Gasteiger partial charge in [-0.05, 0) is 49.1 Å². The summed E-state index contributed by atoms with van der Waals surface area (Å²) in [6.07, 6.45) is 1.42. The molecular formula is C19H20F2N2O3S. The van der Waals surface area contributed by atoms with Gasteiger partial charge in [0.25, 0.3) is 0 Å². The standard InChI is InChI=1S/C19H20F2N2O3S/c20-15-9-7-14(8-10-15)11-12-22-19(24)17-5-3-13-23(17)27(25,26)18-6-2-1-4-16(18)21/h1-2,4,6-10,17H,3,5,11-13H2,(H,22,24). The Kier molecular flexibility index (Phi) is 5.86. The number of carbonyl (C=O) groups is 1. The number of nitrogens with one attached hydrogen (secondary N) is 1. The third-order valence-corrected chi connectivity index (χ3v) is 6.50. The second-order valence-corrected chi connectivity index (χ2v) is 8.23. The zero-order valence-corrected chi connectivity index (χ0v) is 15.4. The average Bonchev–Trinajstić information content (AvgIpc) is 3.14. The number of hydrogen-bond acceptors (Lipinski definition) is 3. The number of nitrogens with zero attached hydrogens (tertiary/aromatic N) is 1. The van der Waals surface area contributed by atoms with Crippen LogP contribution in [0.25, 0.3) is 0 Å². The third-order valence-electron chi connectivity index (χ3n) is 4.56. The van der Waals surface area contributed by atoms with Crippen LogP contribution in [0.15, 0.2) is 53.4 Å². The highest BCUT2D eigenvalue weighted by Gasteiger charge is 2.40. The number of halogens is 2. The molecule has 5 nitrogen and oxygen atoms in total. The van der Waals surface area contributed by atoms with Gasteiger partial charge in [0.05, 0.1) is 0 Å². The normalized spacial score (nSPS) is 17.8. The molecule has 0 aliphatic carbocycles. The lowest BCUT2D eigenvalue weighted by molar-refractivity contribution is -0.124. The van der Waals surface area contributed by atoms with Crippen LogP contribution < -0.4 is 5.32 Å². The van der Waals surface area contributed by atoms with Crippen molar-refractivity contribution in [1.29, 1.82) is 0 Å². The van der Waals surface area contributed by atoms with Crippen LogP contribution in [-0.4, -0.2) is 37.8 Å². The van der Waals surface area contributed by atoms with E-state index in [1.807, 2.05) is 0 Å². The minimum atomic E-state index is -4.09. The lowest BCUT2D eigenvalue weighted by Crippen LogP contribution is -2.46. The van der Waals surface area contributed by atoms with Gasteiger partial charge in [0, 0.05) is 13.1 Å². The Morgan fingerprint density at radius 3 is 2.52 bits per heavy atom. The molecule has 1 aliphatic heterocycles. The Morgan fingerprint density at radius 1 is 1.11 bits per heavy atom. The van der Waals surface area contributed by atoms with Gasteiger partial charge in [-0.15, -0.1) is 0 Å². The van der Waals surface area contributed by atoms with Gasteiger partial charge in [0.1, 0.15) is 22.6 Å². The molecule has 144 valence electrons. The van der Waals surface area contributed by atoms with Crippen molar-refractivity contribution in [3.05, 3.63) is 65.7 Å². The maximum absolute atomic E-state index is 14.0. The van der Waals surface area contributed by atoms with Crippen LogP contribution in [0.4, 0.5) is 8.78 Å². The first kappa shape index (κ1) is 19.4. The molecule has 1 saturated heterocycles. The molecule has 1 unspecified atom stereocenters. The van der Waals surface area contributed by atoms with Crippen LogP contribution in [0.2, 0.25) is 0 Å². The number of hydrogen-bond donors (Lipinski definition) is 1. The van der Waals surface area contributed by atoms with Crippen molar-refractivity contribution >= 4 is 15.9 Å². The van der Waals surface area contributed by atoms with Crippen molar-refractivity contribution in [2.75, 3.05) is 13.1 Å². The van der Waals surface area contributed by atoms with E-state index in [-0.39, 0.29) is 12.4 Å². The first-order valence-electron chi connectivity index (χ1n) is 8.68. The maximum atomic E-state index is 14.0. The van der Waals surface area contributed by atoms with Crippen LogP contribution in [-0.2, 0) is 21.2 Å². The van der Waals surface area contributed by atoms with Gasteiger partial charge in [-0.3, -0.25) is 4.79 Å². The summed E-state index contributed by atoms with van der Waals surface area (Å²) in [6.45, 7) is 0.473. The molecule has 0 radical (unpaired) electrons. The fourth-order valence-electron chi connectivity index (χ4n) is 3.17. The Morgan fingerprint density at radius 2 is 1.81 bits per heavy atom. The predicted octanol–water partition coefficient (Wildman–Crippen LogP) is 2.48. The average molecular weight is 394 g/mol. The zero-order valence-electron chi connectivity index (χ0n) is 14.6. The Hall–Kier alpha value is -2.32. The highest BCUT2D eigenvalue weighted by atomic mass is 32.2. The van der Waals surface area contributed by atoms with Crippen LogP contribution in [0.1, 0.15) is 18.4 Å². The van der Waals surface area contributed by atoms with Gasteiger partial charge in [-0.25, -0.2) is 17.2 Å². The van der Waals surface area contributed by atoms with E-state index in [4.69, 9.17) is 0 Å². The lowest BCUT2D eigenvalue weighted by Gasteiger charge is -2.23. The molecule has 1 N–H and O–H groups in total. The monoisotopic (exact) mass is 394 g/mol. The molecule has 1 heterocycles. The fraction of sp³-hybridized carbons (Fsp3) is 0.316. The molecule has 0 saturated carbocycles. The summed E-state index contributed by atoms with van der Waals surface area (Å²) in [6, 6.07) is 10.2. The van der Waals surface area contributed by atoms with Gasteiger partial charge in [-0.1, -0.05) is 24.3 Å². The molecule has 3 rings (SSSR count). The largest absolute Gasteiger partial charge is 0.354 e. The first-order valence-corrected chi connectivity index (χ1v) is 10.1. The molecule has 0 spiro atoms. The van der Waals surface area contributed by atoms with Crippen molar-refractivity contribution in [3.63, 3.8) is 0 Å². The Balaban J connectivity index is 1.66. The molecule has 1 fully saturated rings. The van der Waals surface area contributed by atoms with Gasteiger partial charge in [0.2, 0.25) is 15.9 Å². The summed E-state index contributed by atoms with van der Waals surface area (Å²) < 4.78 is 53.5. The number of carbonyl (C=O) groups excluding carboxylic acids is 1. The Labute approximate surface area is 157 Å². The predicted molar refractivity (Wildman–Crippen MR) is 96.4 cm³/mol. The van der Waals surface area contributed by atoms with E-state index < -0.39 is 32.7 Å². The number of rotatable bonds is 6. The summed E-state index contributed by atoms with van der Waals surface area (Å²) in [7, 11) is -4.09. The highest BCUT2D eigenvalue weighted by molar-refractivity contribution is 7.89. The number of amides is 1. The van der Waals surface area contributed by atoms with Crippen LogP contribution in [0, 0.1) is 11.6 Å². The summed E-state index contributed by atoms with van der Waals surface area (Å²) in [4.78, 5) is 12.1. The van der Waals surface area contributed by atoms with E-state index in [9.17, 15) is 22.0 Å². The summed E-state index contributed by atoms with van der Waals surface area (Å²) >= 11 is 0. The van der Waals surface area contributed by atoms with Crippen molar-refractivity contribution in [2.24, 2.45) is 0 Å². The van der Waals surface area contributed by atoms with Crippen LogP contribution in [0.3, 0.4) is 0 Å². The van der Waals surface area contributed by atoms with Crippen LogP contribution in [0.5, 0.6) is 0 Å². The molecule has 1 atom stereocenters. The summed E-state index contributed by atoms with van der Waals surface area (Å²) in [5.41, 5.74) is 0.860. The molecule has 8 heteroatoms. The molecule has 0 aromatic heterocycles. The fourth-order valence-corrected chi connectivity index (χ4v) is 4.89. The van der Waals surface area contributed by atoms with E-state index in [2.05, 4.69) is 5.32 Å². The van der Waals surface area contributed by atoms with E-state index in [0.29, 0.717) is 25.8 Å². The van der Waals surface area contributed by atoms with E-state index in [0.717, 1.165) is 15.9 Å². The molecular weight excluding hydrogens is 374 g/mol. The minimum Gasteiger partial charge on any atom is -0.354 e. The third kappa shape index (κ3) is 4.33. The van der Waals surface area contributed by atoms with Gasteiger partial charge in [0.15, 0.2) is 0 Å². The summed E-state index contributed by atoms with van der Waals surface area (Å²) in [5, 5.41) is 2.72. The van der Waals surface area contributed by atoms with Gasteiger partial charge in [-0.2, -0.15) is 4.31 Å². The SMILES string of the molecule is O=C(NCCc1ccc(F)cc1)C1CCCN1S(=O)(=O)c1ccccc1F. The summed E-state index contributed by atoms with van der Waals surface area (Å²) in [5.74, 6) is -1.57. The minimum absolute atomic E-state index is 0.173. The first-order chi connectivity index (χ1) is 12.9. The maximum Gasteiger partial charge on any atom is 0.246 e. The van der Waals surface area contributed by atoms with Gasteiger partial charge < -0.3 is 5.32 Å². The Bertz CT molecular complexity index is 917. The number of benzene rings is 2. The quantitative estimate of drug-likeness (QED) is 0.819. The molecule has 2 aromatic rings. The molecule has 0 bridgehead atoms. The van der Waals surface area contributed by atoms with E-state index in [1.165, 1.54) is 30.3 Å². The van der Waals surface area contributed by atoms with Crippen molar-refractivity contribution < 1.29 is 22.0 Å². The smallest absolute Gasteiger partial charge is 0.246 e. The second-order valence-electron chi connectivity index (χ2n) is 6.37. The number of sulfonamides is 1. The second kappa shape index (κ2) is 8.14. The molecule has 2 aromatic carbocycles. The molecule has 1 aliphatic rings. The van der Waals surface area contributed by atoms with Crippen molar-refractivity contribution in [2.45, 2.75) is 30.2 Å². The molecule has 27 heavy (non-hydrogen) atoms. The zero-order chi connectivity index (χ0) is 19.4.